The molecule has 0 aliphatic carbocycles. The van der Waals surface area contributed by atoms with E-state index in [0.717, 1.165) is 11.4 Å². The van der Waals surface area contributed by atoms with Crippen LogP contribution in [0.5, 0.6) is 0 Å². The van der Waals surface area contributed by atoms with Crippen molar-refractivity contribution in [2.45, 2.75) is 6.92 Å². The Hall–Kier alpha value is -3.55. The van der Waals surface area contributed by atoms with E-state index in [1.807, 2.05) is 58.1 Å². The van der Waals surface area contributed by atoms with Gasteiger partial charge in [-0.05, 0) is 37.3 Å². The van der Waals surface area contributed by atoms with Crippen LogP contribution < -0.4 is 0 Å². The Morgan fingerprint density at radius 2 is 1.69 bits per heavy atom. The Balaban J connectivity index is 1.56. The average molecular weight is 393 g/mol. The fourth-order valence-electron chi connectivity index (χ4n) is 3.47. The Labute approximate surface area is 168 Å². The normalized spacial score (nSPS) is 14.1. The third-order valence-corrected chi connectivity index (χ3v) is 4.98. The lowest BCUT2D eigenvalue weighted by Crippen LogP contribution is -2.50. The van der Waals surface area contributed by atoms with Gasteiger partial charge < -0.3 is 23.7 Å². The molecule has 0 radical (unpaired) electrons. The number of carbonyl (C=O) groups is 2. The van der Waals surface area contributed by atoms with Crippen LogP contribution in [0.25, 0.3) is 11.4 Å². The fourth-order valence-corrected chi connectivity index (χ4v) is 3.47. The van der Waals surface area contributed by atoms with Crippen molar-refractivity contribution in [1.29, 1.82) is 0 Å². The number of hydrogen-bond donors (Lipinski definition) is 0. The van der Waals surface area contributed by atoms with E-state index in [2.05, 4.69) is 4.98 Å². The van der Waals surface area contributed by atoms with Crippen LogP contribution in [0.15, 0.2) is 61.4 Å². The van der Waals surface area contributed by atoms with Crippen molar-refractivity contribution >= 4 is 12.0 Å². The molecule has 1 aromatic carbocycles. The second-order valence-electron chi connectivity index (χ2n) is 6.74. The van der Waals surface area contributed by atoms with E-state index in [-0.39, 0.29) is 12.0 Å². The third-order valence-electron chi connectivity index (χ3n) is 4.98. The Morgan fingerprint density at radius 1 is 0.966 bits per heavy atom. The minimum Gasteiger partial charge on any atom is -0.450 e. The monoisotopic (exact) mass is 393 g/mol. The summed E-state index contributed by atoms with van der Waals surface area (Å²) in [4.78, 5) is 32.5. The van der Waals surface area contributed by atoms with Gasteiger partial charge in [0, 0.05) is 56.5 Å². The summed E-state index contributed by atoms with van der Waals surface area (Å²) in [6.45, 7) is 4.06. The largest absolute Gasteiger partial charge is 0.450 e. The molecule has 8 nitrogen and oxygen atoms in total. The maximum absolute atomic E-state index is 13.1. The number of imidazole rings is 1. The van der Waals surface area contributed by atoms with E-state index >= 15 is 0 Å². The van der Waals surface area contributed by atoms with E-state index < -0.39 is 0 Å². The minimum absolute atomic E-state index is 0.0425. The zero-order chi connectivity index (χ0) is 20.2. The highest BCUT2D eigenvalue weighted by Gasteiger charge is 2.26. The lowest BCUT2D eigenvalue weighted by atomic mass is 10.1. The Kier molecular flexibility index (Phi) is 5.33. The van der Waals surface area contributed by atoms with Crippen molar-refractivity contribution in [2.75, 3.05) is 32.8 Å². The molecule has 2 amide bonds. The van der Waals surface area contributed by atoms with Gasteiger partial charge in [0.15, 0.2) is 0 Å². The van der Waals surface area contributed by atoms with Gasteiger partial charge in [-0.1, -0.05) is 0 Å². The molecule has 2 aromatic heterocycles. The molecule has 0 atom stereocenters. The zero-order valence-corrected chi connectivity index (χ0v) is 16.3. The molecule has 1 fully saturated rings. The number of hydrogen-bond acceptors (Lipinski definition) is 4. The molecule has 29 heavy (non-hydrogen) atoms. The van der Waals surface area contributed by atoms with Crippen LogP contribution in [0.3, 0.4) is 0 Å². The van der Waals surface area contributed by atoms with Gasteiger partial charge in [-0.15, -0.1) is 0 Å². The lowest BCUT2D eigenvalue weighted by Gasteiger charge is -2.34. The second-order valence-corrected chi connectivity index (χ2v) is 6.74. The molecule has 0 N–H and O–H groups in total. The first-order valence-corrected chi connectivity index (χ1v) is 9.64. The molecular weight excluding hydrogens is 370 g/mol. The minimum atomic E-state index is -0.320. The fraction of sp³-hybridized carbons (Fsp3) is 0.286. The number of carbonyl (C=O) groups excluding carboxylic acids is 2. The number of benzene rings is 1. The molecule has 0 spiro atoms. The highest BCUT2D eigenvalue weighted by atomic mass is 16.6. The average Bonchev–Trinajstić information content (AvgIpc) is 3.47. The molecule has 3 heterocycles. The van der Waals surface area contributed by atoms with Crippen molar-refractivity contribution in [2.24, 2.45) is 0 Å². The standard InChI is InChI=1S/C21H23N5O3/c1-2-29-21(28)25-13-11-24(12-14-25)20(27)17-5-6-18(26-10-7-22-16-26)19(15-17)23-8-3-4-9-23/h3-10,15-16H,2,11-14H2,1H3. The van der Waals surface area contributed by atoms with Crippen LogP contribution >= 0.6 is 0 Å². The van der Waals surface area contributed by atoms with Gasteiger partial charge >= 0.3 is 6.09 Å². The summed E-state index contributed by atoms with van der Waals surface area (Å²) in [5, 5.41) is 0. The molecule has 0 saturated carbocycles. The Bertz CT molecular complexity index is 974. The quantitative estimate of drug-likeness (QED) is 0.683. The summed E-state index contributed by atoms with van der Waals surface area (Å²) in [5.74, 6) is -0.0425. The molecule has 8 heteroatoms. The molecule has 1 aliphatic rings. The van der Waals surface area contributed by atoms with Crippen LogP contribution in [0.2, 0.25) is 0 Å². The molecule has 4 rings (SSSR count). The predicted molar refractivity (Wildman–Crippen MR) is 107 cm³/mol. The maximum atomic E-state index is 13.1. The number of nitrogens with zero attached hydrogens (tertiary/aromatic N) is 5. The van der Waals surface area contributed by atoms with Gasteiger partial charge in [0.2, 0.25) is 0 Å². The van der Waals surface area contributed by atoms with Gasteiger partial charge in [-0.3, -0.25) is 4.79 Å². The molecule has 1 saturated heterocycles. The highest BCUT2D eigenvalue weighted by Crippen LogP contribution is 2.22. The number of aromatic nitrogens is 3. The van der Waals surface area contributed by atoms with Crippen molar-refractivity contribution < 1.29 is 14.3 Å². The number of rotatable bonds is 4. The first-order valence-electron chi connectivity index (χ1n) is 9.64. The van der Waals surface area contributed by atoms with E-state index in [4.69, 9.17) is 4.74 Å². The number of amides is 2. The second kappa shape index (κ2) is 8.22. The summed E-state index contributed by atoms with van der Waals surface area (Å²) in [7, 11) is 0. The lowest BCUT2D eigenvalue weighted by molar-refractivity contribution is 0.0570. The predicted octanol–water partition coefficient (Wildman–Crippen LogP) is 2.58. The van der Waals surface area contributed by atoms with E-state index in [0.29, 0.717) is 38.3 Å². The molecule has 3 aromatic rings. The molecule has 0 bridgehead atoms. The zero-order valence-electron chi connectivity index (χ0n) is 16.3. The summed E-state index contributed by atoms with van der Waals surface area (Å²) in [6, 6.07) is 9.55. The van der Waals surface area contributed by atoms with Crippen LogP contribution in [-0.2, 0) is 4.74 Å². The van der Waals surface area contributed by atoms with Gasteiger partial charge in [0.1, 0.15) is 0 Å². The van der Waals surface area contributed by atoms with Crippen LogP contribution in [-0.4, -0.2) is 68.7 Å². The number of ether oxygens (including phenoxy) is 1. The molecular formula is C21H23N5O3. The van der Waals surface area contributed by atoms with Gasteiger partial charge in [-0.2, -0.15) is 0 Å². The maximum Gasteiger partial charge on any atom is 0.409 e. The third kappa shape index (κ3) is 3.87. The SMILES string of the molecule is CCOC(=O)N1CCN(C(=O)c2ccc(-n3ccnc3)c(-n3cccc3)c2)CC1. The summed E-state index contributed by atoms with van der Waals surface area (Å²) >= 11 is 0. The number of piperazine rings is 1. The van der Waals surface area contributed by atoms with Crippen LogP contribution in [0, 0.1) is 0 Å². The van der Waals surface area contributed by atoms with Crippen molar-refractivity contribution in [3.05, 3.63) is 67.0 Å². The Morgan fingerprint density at radius 3 is 2.34 bits per heavy atom. The van der Waals surface area contributed by atoms with E-state index in [1.54, 1.807) is 29.2 Å². The van der Waals surface area contributed by atoms with Gasteiger partial charge in [0.05, 0.1) is 24.3 Å². The van der Waals surface area contributed by atoms with Gasteiger partial charge in [0.25, 0.3) is 5.91 Å². The summed E-state index contributed by atoms with van der Waals surface area (Å²) in [5.41, 5.74) is 2.44. The summed E-state index contributed by atoms with van der Waals surface area (Å²) < 4.78 is 8.94. The highest BCUT2D eigenvalue weighted by molar-refractivity contribution is 5.95. The first kappa shape index (κ1) is 18.8. The van der Waals surface area contributed by atoms with Crippen LogP contribution in [0.4, 0.5) is 4.79 Å². The van der Waals surface area contributed by atoms with E-state index in [1.165, 1.54) is 0 Å². The molecule has 150 valence electrons. The molecule has 0 unspecified atom stereocenters. The topological polar surface area (TPSA) is 72.6 Å². The van der Waals surface area contributed by atoms with Gasteiger partial charge in [-0.25, -0.2) is 9.78 Å². The summed E-state index contributed by atoms with van der Waals surface area (Å²) in [6.07, 6.45) is 8.90. The van der Waals surface area contributed by atoms with Crippen molar-refractivity contribution in [3.63, 3.8) is 0 Å². The molecule has 1 aliphatic heterocycles. The van der Waals surface area contributed by atoms with Crippen LogP contribution in [0.1, 0.15) is 17.3 Å². The van der Waals surface area contributed by atoms with Crippen molar-refractivity contribution in [3.8, 4) is 11.4 Å². The first-order chi connectivity index (χ1) is 14.2. The van der Waals surface area contributed by atoms with Crippen molar-refractivity contribution in [1.82, 2.24) is 23.9 Å². The smallest absolute Gasteiger partial charge is 0.409 e. The van der Waals surface area contributed by atoms with E-state index in [9.17, 15) is 9.59 Å².